The number of carbonyl (C=O) groups is 1. The maximum Gasteiger partial charge on any atom is 0.220 e. The Labute approximate surface area is 161 Å². The average molecular weight is 370 g/mol. The van der Waals surface area contributed by atoms with E-state index < -0.39 is 0 Å². The van der Waals surface area contributed by atoms with Crippen LogP contribution < -0.4 is 16.4 Å². The predicted molar refractivity (Wildman–Crippen MR) is 109 cm³/mol. The number of para-hydroxylation sites is 1. The van der Waals surface area contributed by atoms with E-state index in [1.807, 2.05) is 36.4 Å². The van der Waals surface area contributed by atoms with Crippen LogP contribution in [-0.4, -0.2) is 35.3 Å². The van der Waals surface area contributed by atoms with Crippen molar-refractivity contribution in [2.75, 3.05) is 25.4 Å². The Kier molecular flexibility index (Phi) is 6.87. The highest BCUT2D eigenvalue weighted by atomic mass is 16.1. The molecule has 146 valence electrons. The maximum atomic E-state index is 12.2. The molecule has 0 bridgehead atoms. The summed E-state index contributed by atoms with van der Waals surface area (Å²) in [7, 11) is 0. The third-order valence-electron chi connectivity index (χ3n) is 5.42. The zero-order valence-electron chi connectivity index (χ0n) is 16.2. The number of aryl methyl sites for hydroxylation is 1. The summed E-state index contributed by atoms with van der Waals surface area (Å²) in [5.41, 5.74) is 7.99. The fraction of sp³-hybridized carbons (Fsp3) is 0.524. The van der Waals surface area contributed by atoms with Gasteiger partial charge in [-0.3, -0.25) is 4.79 Å². The minimum atomic E-state index is 0.162. The minimum Gasteiger partial charge on any atom is -0.384 e. The summed E-state index contributed by atoms with van der Waals surface area (Å²) in [5, 5.41) is 11.0. The molecule has 3 rings (SSSR count). The molecule has 1 aliphatic rings. The zero-order valence-corrected chi connectivity index (χ0v) is 16.2. The van der Waals surface area contributed by atoms with Gasteiger partial charge in [-0.25, -0.2) is 4.68 Å². The normalized spacial score (nSPS) is 16.2. The second kappa shape index (κ2) is 9.55. The van der Waals surface area contributed by atoms with Gasteiger partial charge in [0.25, 0.3) is 0 Å². The Morgan fingerprint density at radius 1 is 1.33 bits per heavy atom. The number of nitrogen functional groups attached to an aromatic ring is 1. The number of carbonyl (C=O) groups excluding carboxylic acids is 1. The third kappa shape index (κ3) is 5.57. The van der Waals surface area contributed by atoms with Crippen molar-refractivity contribution in [2.24, 2.45) is 11.8 Å². The largest absolute Gasteiger partial charge is 0.384 e. The van der Waals surface area contributed by atoms with Gasteiger partial charge in [-0.15, -0.1) is 0 Å². The molecule has 0 aliphatic carbocycles. The van der Waals surface area contributed by atoms with Gasteiger partial charge in [0.15, 0.2) is 0 Å². The summed E-state index contributed by atoms with van der Waals surface area (Å²) >= 11 is 0. The molecule has 0 spiro atoms. The molecular formula is C21H31N5O. The molecule has 27 heavy (non-hydrogen) atoms. The summed E-state index contributed by atoms with van der Waals surface area (Å²) in [4.78, 5) is 12.2. The first-order valence-electron chi connectivity index (χ1n) is 10.0. The highest BCUT2D eigenvalue weighted by Gasteiger charge is 2.21. The highest BCUT2D eigenvalue weighted by Crippen LogP contribution is 2.24. The highest BCUT2D eigenvalue weighted by molar-refractivity contribution is 5.76. The van der Waals surface area contributed by atoms with Crippen LogP contribution >= 0.6 is 0 Å². The summed E-state index contributed by atoms with van der Waals surface area (Å²) in [6, 6.07) is 11.8. The van der Waals surface area contributed by atoms with E-state index >= 15 is 0 Å². The zero-order chi connectivity index (χ0) is 19.1. The summed E-state index contributed by atoms with van der Waals surface area (Å²) in [5.74, 6) is 1.92. The molecule has 0 saturated carbocycles. The van der Waals surface area contributed by atoms with Crippen molar-refractivity contribution >= 4 is 11.7 Å². The van der Waals surface area contributed by atoms with Crippen molar-refractivity contribution in [3.63, 3.8) is 0 Å². The fourth-order valence-corrected chi connectivity index (χ4v) is 3.79. The molecule has 1 fully saturated rings. The van der Waals surface area contributed by atoms with E-state index in [0.717, 1.165) is 37.3 Å². The van der Waals surface area contributed by atoms with Gasteiger partial charge >= 0.3 is 0 Å². The fourth-order valence-electron chi connectivity index (χ4n) is 3.79. The van der Waals surface area contributed by atoms with Crippen LogP contribution in [0, 0.1) is 11.8 Å². The molecule has 1 aliphatic heterocycles. The molecule has 1 amide bonds. The Morgan fingerprint density at radius 3 is 2.81 bits per heavy atom. The molecule has 6 heteroatoms. The van der Waals surface area contributed by atoms with E-state index in [1.165, 1.54) is 12.8 Å². The van der Waals surface area contributed by atoms with Gasteiger partial charge in [-0.1, -0.05) is 25.1 Å². The quantitative estimate of drug-likeness (QED) is 0.624. The number of anilines is 1. The third-order valence-corrected chi connectivity index (χ3v) is 5.42. The number of benzene rings is 1. The van der Waals surface area contributed by atoms with Crippen LogP contribution in [0.2, 0.25) is 0 Å². The second-order valence-corrected chi connectivity index (χ2v) is 7.53. The van der Waals surface area contributed by atoms with Crippen LogP contribution in [0.4, 0.5) is 5.82 Å². The van der Waals surface area contributed by atoms with E-state index in [0.29, 0.717) is 30.6 Å². The second-order valence-electron chi connectivity index (χ2n) is 7.53. The number of aromatic nitrogens is 2. The maximum absolute atomic E-state index is 12.2. The van der Waals surface area contributed by atoms with E-state index in [1.54, 1.807) is 4.68 Å². The van der Waals surface area contributed by atoms with Crippen molar-refractivity contribution in [3.05, 3.63) is 42.1 Å². The van der Waals surface area contributed by atoms with Crippen LogP contribution in [-0.2, 0) is 11.2 Å². The number of nitrogens with two attached hydrogens (primary N) is 1. The number of amides is 1. The number of rotatable bonds is 8. The van der Waals surface area contributed by atoms with Gasteiger partial charge < -0.3 is 16.4 Å². The van der Waals surface area contributed by atoms with Crippen molar-refractivity contribution in [2.45, 2.75) is 39.0 Å². The molecule has 2 heterocycles. The first kappa shape index (κ1) is 19.4. The summed E-state index contributed by atoms with van der Waals surface area (Å²) in [6.45, 7) is 5.04. The molecule has 2 aromatic rings. The van der Waals surface area contributed by atoms with Crippen molar-refractivity contribution in [1.29, 1.82) is 0 Å². The van der Waals surface area contributed by atoms with Gasteiger partial charge in [0, 0.05) is 19.0 Å². The van der Waals surface area contributed by atoms with E-state index in [9.17, 15) is 4.79 Å². The molecule has 1 saturated heterocycles. The van der Waals surface area contributed by atoms with Gasteiger partial charge in [0.2, 0.25) is 5.91 Å². The van der Waals surface area contributed by atoms with Crippen LogP contribution in [0.3, 0.4) is 0 Å². The smallest absolute Gasteiger partial charge is 0.220 e. The first-order valence-corrected chi connectivity index (χ1v) is 10.0. The lowest BCUT2D eigenvalue weighted by molar-refractivity contribution is -0.122. The topological polar surface area (TPSA) is 85.0 Å². The number of hydrogen-bond acceptors (Lipinski definition) is 4. The number of nitrogens with zero attached hydrogens (tertiary/aromatic N) is 2. The number of hydrogen-bond donors (Lipinski definition) is 3. The minimum absolute atomic E-state index is 0.162. The molecule has 1 aromatic carbocycles. The van der Waals surface area contributed by atoms with Crippen LogP contribution in [0.1, 0.15) is 38.3 Å². The first-order chi connectivity index (χ1) is 13.1. The standard InChI is InChI=1S/C21H31N5O/c1-16(17-9-12-23-13-10-17)14-21(27)24-11-5-6-18-15-20(22)26(25-18)19-7-3-2-4-8-19/h2-4,7-8,15-17,23H,5-6,9-14,22H2,1H3,(H,24,27). The molecule has 1 aromatic heterocycles. The van der Waals surface area contributed by atoms with Crippen LogP contribution in [0.15, 0.2) is 36.4 Å². The molecule has 0 radical (unpaired) electrons. The van der Waals surface area contributed by atoms with Crippen LogP contribution in [0.25, 0.3) is 5.69 Å². The summed E-state index contributed by atoms with van der Waals surface area (Å²) < 4.78 is 1.76. The van der Waals surface area contributed by atoms with Crippen molar-refractivity contribution in [3.8, 4) is 5.69 Å². The van der Waals surface area contributed by atoms with Crippen molar-refractivity contribution < 1.29 is 4.79 Å². The molecule has 4 N–H and O–H groups in total. The van der Waals surface area contributed by atoms with E-state index in [-0.39, 0.29) is 5.91 Å². The van der Waals surface area contributed by atoms with E-state index in [2.05, 4.69) is 22.7 Å². The van der Waals surface area contributed by atoms with Gasteiger partial charge in [0.05, 0.1) is 11.4 Å². The van der Waals surface area contributed by atoms with Crippen LogP contribution in [0.5, 0.6) is 0 Å². The lowest BCUT2D eigenvalue weighted by Crippen LogP contribution is -2.33. The Balaban J connectivity index is 1.39. The van der Waals surface area contributed by atoms with E-state index in [4.69, 9.17) is 5.73 Å². The number of piperidine rings is 1. The SMILES string of the molecule is CC(CC(=O)NCCCc1cc(N)n(-c2ccccc2)n1)C1CCNCC1. The Hall–Kier alpha value is -2.34. The predicted octanol–water partition coefficient (Wildman–Crippen LogP) is 2.53. The lowest BCUT2D eigenvalue weighted by atomic mass is 9.84. The molecular weight excluding hydrogens is 338 g/mol. The molecule has 1 unspecified atom stereocenters. The summed E-state index contributed by atoms with van der Waals surface area (Å²) in [6.07, 6.45) is 4.65. The lowest BCUT2D eigenvalue weighted by Gasteiger charge is -2.27. The van der Waals surface area contributed by atoms with Gasteiger partial charge in [-0.05, 0) is 62.7 Å². The monoisotopic (exact) mass is 369 g/mol. The average Bonchev–Trinajstić information content (AvgIpc) is 3.07. The van der Waals surface area contributed by atoms with Gasteiger partial charge in [-0.2, -0.15) is 5.10 Å². The Bertz CT molecular complexity index is 721. The van der Waals surface area contributed by atoms with Gasteiger partial charge in [0.1, 0.15) is 5.82 Å². The molecule has 1 atom stereocenters. The number of nitrogens with one attached hydrogen (secondary N) is 2. The van der Waals surface area contributed by atoms with Crippen molar-refractivity contribution in [1.82, 2.24) is 20.4 Å². The molecule has 6 nitrogen and oxygen atoms in total. The Morgan fingerprint density at radius 2 is 2.07 bits per heavy atom.